The summed E-state index contributed by atoms with van der Waals surface area (Å²) >= 11 is 1.21. The van der Waals surface area contributed by atoms with Gasteiger partial charge in [-0.1, -0.05) is 6.07 Å². The highest BCUT2D eigenvalue weighted by molar-refractivity contribution is 7.09. The van der Waals surface area contributed by atoms with Crippen molar-refractivity contribution < 1.29 is 24.2 Å². The van der Waals surface area contributed by atoms with Gasteiger partial charge in [0.05, 0.1) is 19.6 Å². The predicted molar refractivity (Wildman–Crippen MR) is 86.6 cm³/mol. The first-order valence-electron chi connectivity index (χ1n) is 7.32. The smallest absolute Gasteiger partial charge is 0.355 e. The van der Waals surface area contributed by atoms with E-state index in [0.717, 1.165) is 17.1 Å². The van der Waals surface area contributed by atoms with Gasteiger partial charge >= 0.3 is 5.97 Å². The van der Waals surface area contributed by atoms with E-state index in [1.165, 1.54) is 16.7 Å². The normalized spacial score (nSPS) is 16.0. The van der Waals surface area contributed by atoms with Crippen molar-refractivity contribution in [3.05, 3.63) is 39.8 Å². The first-order valence-corrected chi connectivity index (χ1v) is 8.20. The number of hydrogen-bond acceptors (Lipinski definition) is 6. The molecule has 8 heteroatoms. The van der Waals surface area contributed by atoms with Crippen LogP contribution in [-0.2, 0) is 17.8 Å². The van der Waals surface area contributed by atoms with E-state index in [4.69, 9.17) is 14.6 Å². The highest BCUT2D eigenvalue weighted by Crippen LogP contribution is 2.31. The molecule has 2 N–H and O–H groups in total. The molecular formula is C16H16N2O5S. The van der Waals surface area contributed by atoms with Gasteiger partial charge in [0.15, 0.2) is 5.69 Å². The molecule has 0 bridgehead atoms. The number of carboxylic acid groups (broad SMARTS) is 1. The van der Waals surface area contributed by atoms with Crippen molar-refractivity contribution in [2.45, 2.75) is 13.0 Å². The van der Waals surface area contributed by atoms with E-state index < -0.39 is 5.97 Å². The molecule has 7 nitrogen and oxygen atoms in total. The summed E-state index contributed by atoms with van der Waals surface area (Å²) in [5.41, 5.74) is 0.956. The molecule has 1 atom stereocenters. The second kappa shape index (κ2) is 6.88. The van der Waals surface area contributed by atoms with E-state index in [1.807, 2.05) is 18.2 Å². The number of ether oxygens (including phenoxy) is 2. The summed E-state index contributed by atoms with van der Waals surface area (Å²) < 4.78 is 10.8. The molecule has 1 aliphatic rings. The zero-order chi connectivity index (χ0) is 17.1. The zero-order valence-corrected chi connectivity index (χ0v) is 13.8. The number of nitrogens with zero attached hydrogens (tertiary/aromatic N) is 1. The summed E-state index contributed by atoms with van der Waals surface area (Å²) in [6.45, 7) is 0.507. The third kappa shape index (κ3) is 3.48. The fourth-order valence-electron chi connectivity index (χ4n) is 2.45. The highest BCUT2D eigenvalue weighted by Gasteiger charge is 2.26. The molecule has 0 unspecified atom stereocenters. The third-order valence-corrected chi connectivity index (χ3v) is 4.58. The Labute approximate surface area is 142 Å². The fourth-order valence-corrected chi connectivity index (χ4v) is 3.15. The topological polar surface area (TPSA) is 97.8 Å². The predicted octanol–water partition coefficient (Wildman–Crippen LogP) is 1.72. The lowest BCUT2D eigenvalue weighted by Crippen LogP contribution is -2.37. The highest BCUT2D eigenvalue weighted by atomic mass is 32.1. The minimum Gasteiger partial charge on any atom is -0.497 e. The van der Waals surface area contributed by atoms with Crippen molar-refractivity contribution >= 4 is 23.2 Å². The maximum absolute atomic E-state index is 12.3. The van der Waals surface area contributed by atoms with Crippen molar-refractivity contribution in [1.82, 2.24) is 10.3 Å². The van der Waals surface area contributed by atoms with E-state index in [0.29, 0.717) is 18.0 Å². The molecule has 1 aromatic carbocycles. The van der Waals surface area contributed by atoms with E-state index in [2.05, 4.69) is 10.3 Å². The number of fused-ring (bicyclic) bond motifs is 1. The summed E-state index contributed by atoms with van der Waals surface area (Å²) in [5, 5.41) is 13.6. The lowest BCUT2D eigenvalue weighted by molar-refractivity contribution is -0.126. The van der Waals surface area contributed by atoms with Crippen LogP contribution in [0.15, 0.2) is 23.6 Å². The second-order valence-electron chi connectivity index (χ2n) is 5.34. The van der Waals surface area contributed by atoms with Crippen LogP contribution in [0.4, 0.5) is 0 Å². The largest absolute Gasteiger partial charge is 0.497 e. The van der Waals surface area contributed by atoms with E-state index in [9.17, 15) is 9.59 Å². The number of thiazole rings is 1. The molecule has 1 aromatic heterocycles. The molecule has 3 rings (SSSR count). The molecule has 0 radical (unpaired) electrons. The van der Waals surface area contributed by atoms with Gasteiger partial charge in [0.25, 0.3) is 0 Å². The van der Waals surface area contributed by atoms with Gasteiger partial charge in [-0.05, 0) is 18.1 Å². The third-order valence-electron chi connectivity index (χ3n) is 3.74. The molecule has 2 heterocycles. The molecular weight excluding hydrogens is 332 g/mol. The maximum Gasteiger partial charge on any atom is 0.355 e. The number of methoxy groups -OCH3 is 1. The molecule has 0 spiro atoms. The van der Waals surface area contributed by atoms with Crippen molar-refractivity contribution in [3.8, 4) is 11.5 Å². The van der Waals surface area contributed by atoms with E-state index in [1.54, 1.807) is 7.11 Å². The van der Waals surface area contributed by atoms with Crippen LogP contribution in [0.1, 0.15) is 21.1 Å². The van der Waals surface area contributed by atoms with Gasteiger partial charge in [-0.3, -0.25) is 4.79 Å². The van der Waals surface area contributed by atoms with Gasteiger partial charge in [-0.15, -0.1) is 11.3 Å². The van der Waals surface area contributed by atoms with Crippen molar-refractivity contribution in [1.29, 1.82) is 0 Å². The molecule has 0 saturated heterocycles. The first kappa shape index (κ1) is 16.3. The number of benzene rings is 1. The summed E-state index contributed by atoms with van der Waals surface area (Å²) in [6.07, 6.45) is 0.587. The maximum atomic E-state index is 12.3. The molecule has 0 fully saturated rings. The SMILES string of the molecule is COc1ccc2c(c1)OC[C@H](C(=O)NCc1nc(C(=O)O)cs1)C2. The summed E-state index contributed by atoms with van der Waals surface area (Å²) in [6, 6.07) is 5.55. The van der Waals surface area contributed by atoms with Crippen LogP contribution in [0.25, 0.3) is 0 Å². The minimum atomic E-state index is -1.07. The van der Waals surface area contributed by atoms with Crippen LogP contribution in [0, 0.1) is 5.92 Å². The van der Waals surface area contributed by atoms with Gasteiger partial charge in [-0.2, -0.15) is 0 Å². The zero-order valence-electron chi connectivity index (χ0n) is 12.9. The van der Waals surface area contributed by atoms with Crippen molar-refractivity contribution in [2.24, 2.45) is 5.92 Å². The number of amides is 1. The number of aromatic carboxylic acids is 1. The van der Waals surface area contributed by atoms with Crippen LogP contribution in [0.2, 0.25) is 0 Å². The summed E-state index contributed by atoms with van der Waals surface area (Å²) in [7, 11) is 1.59. The Kier molecular flexibility index (Phi) is 4.66. The average Bonchev–Trinajstić information content (AvgIpc) is 3.08. The van der Waals surface area contributed by atoms with Crippen LogP contribution in [0.3, 0.4) is 0 Å². The number of aromatic nitrogens is 1. The van der Waals surface area contributed by atoms with Crippen LogP contribution in [-0.4, -0.2) is 35.7 Å². The van der Waals surface area contributed by atoms with E-state index in [-0.39, 0.29) is 24.1 Å². The van der Waals surface area contributed by atoms with Crippen molar-refractivity contribution in [3.63, 3.8) is 0 Å². The Morgan fingerprint density at radius 1 is 1.50 bits per heavy atom. The molecule has 24 heavy (non-hydrogen) atoms. The first-order chi connectivity index (χ1) is 11.6. The Morgan fingerprint density at radius 2 is 2.33 bits per heavy atom. The molecule has 0 aliphatic carbocycles. The van der Waals surface area contributed by atoms with Crippen LogP contribution in [0.5, 0.6) is 11.5 Å². The number of carbonyl (C=O) groups excluding carboxylic acids is 1. The van der Waals surface area contributed by atoms with Gasteiger partial charge in [-0.25, -0.2) is 9.78 Å². The van der Waals surface area contributed by atoms with Crippen LogP contribution < -0.4 is 14.8 Å². The minimum absolute atomic E-state index is 0.00637. The molecule has 0 saturated carbocycles. The number of carbonyl (C=O) groups is 2. The Hall–Kier alpha value is -2.61. The standard InChI is InChI=1S/C16H16N2O5S/c1-22-11-3-2-9-4-10(7-23-13(9)5-11)15(19)17-6-14-18-12(8-24-14)16(20)21/h2-3,5,8,10H,4,6-7H2,1H3,(H,17,19)(H,20,21)/t10-/m1/s1. The molecule has 1 amide bonds. The van der Waals surface area contributed by atoms with Gasteiger partial charge < -0.3 is 19.9 Å². The Bertz CT molecular complexity index is 774. The lowest BCUT2D eigenvalue weighted by Gasteiger charge is -2.24. The average molecular weight is 348 g/mol. The Morgan fingerprint density at radius 3 is 3.04 bits per heavy atom. The lowest BCUT2D eigenvalue weighted by atomic mass is 9.96. The number of hydrogen-bond donors (Lipinski definition) is 2. The Balaban J connectivity index is 1.58. The van der Waals surface area contributed by atoms with Gasteiger partial charge in [0.1, 0.15) is 23.1 Å². The fraction of sp³-hybridized carbons (Fsp3) is 0.312. The second-order valence-corrected chi connectivity index (χ2v) is 6.28. The molecule has 2 aromatic rings. The van der Waals surface area contributed by atoms with Crippen molar-refractivity contribution in [2.75, 3.05) is 13.7 Å². The monoisotopic (exact) mass is 348 g/mol. The molecule has 126 valence electrons. The van der Waals surface area contributed by atoms with E-state index >= 15 is 0 Å². The number of carboxylic acids is 1. The number of nitrogens with one attached hydrogen (secondary N) is 1. The quantitative estimate of drug-likeness (QED) is 0.854. The number of rotatable bonds is 5. The molecule has 1 aliphatic heterocycles. The van der Waals surface area contributed by atoms with Crippen LogP contribution >= 0.6 is 11.3 Å². The summed E-state index contributed by atoms with van der Waals surface area (Å²) in [5.74, 6) is -0.0380. The van der Waals surface area contributed by atoms with Gasteiger partial charge in [0, 0.05) is 11.4 Å². The van der Waals surface area contributed by atoms with Gasteiger partial charge in [0.2, 0.25) is 5.91 Å². The summed E-state index contributed by atoms with van der Waals surface area (Å²) in [4.78, 5) is 27.0.